The van der Waals surface area contributed by atoms with E-state index in [0.29, 0.717) is 25.2 Å². The second-order valence-corrected chi connectivity index (χ2v) is 11.1. The summed E-state index contributed by atoms with van der Waals surface area (Å²) in [6.07, 6.45) is 3.87. The van der Waals surface area contributed by atoms with Crippen LogP contribution in [0.3, 0.4) is 0 Å². The van der Waals surface area contributed by atoms with E-state index in [2.05, 4.69) is 5.32 Å². The minimum atomic E-state index is -3.59. The van der Waals surface area contributed by atoms with Crippen molar-refractivity contribution < 1.29 is 13.2 Å². The Hall–Kier alpha value is -1.54. The molecule has 0 atom stereocenters. The standard InChI is InChI=1S/C23H29ClN2O3S2/c1-18-10-11-20(31(28,29)26-13-6-2-3-7-14-26)16-21(18)23(27)25-12-15-30-17-19-8-4-5-9-22(19)24/h4-5,8-11,16H,2-3,6-7,12-15,17H2,1H3,(H,25,27). The quantitative estimate of drug-likeness (QED) is 0.547. The highest BCUT2D eigenvalue weighted by Gasteiger charge is 2.26. The van der Waals surface area contributed by atoms with E-state index in [9.17, 15) is 13.2 Å². The maximum atomic E-state index is 13.1. The normalized spacial score (nSPS) is 15.4. The van der Waals surface area contributed by atoms with Crippen molar-refractivity contribution in [2.24, 2.45) is 0 Å². The van der Waals surface area contributed by atoms with Gasteiger partial charge in [0.15, 0.2) is 0 Å². The monoisotopic (exact) mass is 480 g/mol. The number of thioether (sulfide) groups is 1. The van der Waals surface area contributed by atoms with E-state index in [1.54, 1.807) is 28.2 Å². The third-order valence-corrected chi connectivity index (χ3v) is 8.68. The van der Waals surface area contributed by atoms with Gasteiger partial charge in [-0.15, -0.1) is 0 Å². The summed E-state index contributed by atoms with van der Waals surface area (Å²) in [5.41, 5.74) is 2.24. The molecule has 0 radical (unpaired) electrons. The zero-order chi connectivity index (χ0) is 22.3. The molecule has 1 heterocycles. The molecule has 1 aliphatic heterocycles. The van der Waals surface area contributed by atoms with Crippen molar-refractivity contribution in [1.29, 1.82) is 0 Å². The minimum absolute atomic E-state index is 0.193. The Balaban J connectivity index is 1.59. The molecular weight excluding hydrogens is 452 g/mol. The second kappa shape index (κ2) is 11.4. The van der Waals surface area contributed by atoms with Crippen LogP contribution in [0.15, 0.2) is 47.4 Å². The van der Waals surface area contributed by atoms with Crippen molar-refractivity contribution in [3.05, 3.63) is 64.2 Å². The maximum Gasteiger partial charge on any atom is 0.251 e. The first-order chi connectivity index (χ1) is 14.9. The molecule has 0 spiro atoms. The topological polar surface area (TPSA) is 66.5 Å². The van der Waals surface area contributed by atoms with E-state index in [4.69, 9.17) is 11.6 Å². The van der Waals surface area contributed by atoms with Crippen molar-refractivity contribution in [2.45, 2.75) is 43.3 Å². The number of nitrogens with one attached hydrogen (secondary N) is 1. The highest BCUT2D eigenvalue weighted by atomic mass is 35.5. The summed E-state index contributed by atoms with van der Waals surface area (Å²) in [6.45, 7) is 3.40. The van der Waals surface area contributed by atoms with Crippen LogP contribution in [0, 0.1) is 6.92 Å². The number of sulfonamides is 1. The average Bonchev–Trinajstić information content (AvgIpc) is 3.05. The molecule has 5 nitrogen and oxygen atoms in total. The molecule has 8 heteroatoms. The molecule has 0 bridgehead atoms. The van der Waals surface area contributed by atoms with E-state index in [1.807, 2.05) is 31.2 Å². The van der Waals surface area contributed by atoms with E-state index in [0.717, 1.165) is 53.3 Å². The Morgan fingerprint density at radius 1 is 1.10 bits per heavy atom. The summed E-state index contributed by atoms with van der Waals surface area (Å²) >= 11 is 7.85. The minimum Gasteiger partial charge on any atom is -0.351 e. The van der Waals surface area contributed by atoms with Crippen LogP contribution < -0.4 is 5.32 Å². The number of rotatable bonds is 8. The third-order valence-electron chi connectivity index (χ3n) is 5.40. The van der Waals surface area contributed by atoms with Crippen molar-refractivity contribution >= 4 is 39.3 Å². The summed E-state index contributed by atoms with van der Waals surface area (Å²) < 4.78 is 27.7. The summed E-state index contributed by atoms with van der Waals surface area (Å²) in [5, 5.41) is 3.66. The highest BCUT2D eigenvalue weighted by Crippen LogP contribution is 2.23. The third kappa shape index (κ3) is 6.48. The number of benzene rings is 2. The Labute approximate surface area is 194 Å². The van der Waals surface area contributed by atoms with Gasteiger partial charge in [-0.3, -0.25) is 4.79 Å². The lowest BCUT2D eigenvalue weighted by Gasteiger charge is -2.20. The molecule has 0 saturated carbocycles. The molecule has 1 saturated heterocycles. The Morgan fingerprint density at radius 2 is 1.81 bits per heavy atom. The maximum absolute atomic E-state index is 13.1. The van der Waals surface area contributed by atoms with Crippen LogP contribution in [0.25, 0.3) is 0 Å². The second-order valence-electron chi connectivity index (χ2n) is 7.69. The number of nitrogens with zero attached hydrogens (tertiary/aromatic N) is 1. The van der Waals surface area contributed by atoms with Crippen molar-refractivity contribution in [3.8, 4) is 0 Å². The molecular formula is C23H29ClN2O3S2. The number of halogens is 1. The van der Waals surface area contributed by atoms with Gasteiger partial charge in [-0.1, -0.05) is 48.7 Å². The molecule has 1 aliphatic rings. The molecule has 0 aliphatic carbocycles. The highest BCUT2D eigenvalue weighted by molar-refractivity contribution is 7.98. The van der Waals surface area contributed by atoms with Gasteiger partial charge >= 0.3 is 0 Å². The van der Waals surface area contributed by atoms with Gasteiger partial charge in [-0.05, 0) is 49.1 Å². The average molecular weight is 481 g/mol. The fourth-order valence-electron chi connectivity index (χ4n) is 3.57. The largest absolute Gasteiger partial charge is 0.351 e. The molecule has 0 aromatic heterocycles. The summed E-state index contributed by atoms with van der Waals surface area (Å²) in [6, 6.07) is 12.6. The number of amides is 1. The van der Waals surface area contributed by atoms with Gasteiger partial charge in [0.25, 0.3) is 5.91 Å². The SMILES string of the molecule is Cc1ccc(S(=O)(=O)N2CCCCCC2)cc1C(=O)NCCSCc1ccccc1Cl. The first kappa shape index (κ1) is 24.1. The van der Waals surface area contributed by atoms with Gasteiger partial charge in [-0.2, -0.15) is 16.1 Å². The predicted molar refractivity (Wildman–Crippen MR) is 128 cm³/mol. The van der Waals surface area contributed by atoms with E-state index in [-0.39, 0.29) is 10.8 Å². The number of hydrogen-bond donors (Lipinski definition) is 1. The van der Waals surface area contributed by atoms with Crippen LogP contribution in [0.5, 0.6) is 0 Å². The van der Waals surface area contributed by atoms with E-state index < -0.39 is 10.0 Å². The molecule has 31 heavy (non-hydrogen) atoms. The number of carbonyl (C=O) groups is 1. The zero-order valence-corrected chi connectivity index (χ0v) is 20.2. The lowest BCUT2D eigenvalue weighted by Crippen LogP contribution is -2.32. The number of hydrogen-bond acceptors (Lipinski definition) is 4. The Morgan fingerprint density at radius 3 is 2.52 bits per heavy atom. The molecule has 1 N–H and O–H groups in total. The lowest BCUT2D eigenvalue weighted by atomic mass is 10.1. The van der Waals surface area contributed by atoms with Crippen molar-refractivity contribution in [1.82, 2.24) is 9.62 Å². The van der Waals surface area contributed by atoms with Crippen LogP contribution in [-0.4, -0.2) is 44.0 Å². The van der Waals surface area contributed by atoms with Crippen molar-refractivity contribution in [3.63, 3.8) is 0 Å². The zero-order valence-electron chi connectivity index (χ0n) is 17.8. The fourth-order valence-corrected chi connectivity index (χ4v) is 6.25. The molecule has 2 aromatic carbocycles. The van der Waals surface area contributed by atoms with Crippen LogP contribution >= 0.6 is 23.4 Å². The lowest BCUT2D eigenvalue weighted by molar-refractivity contribution is 0.0955. The van der Waals surface area contributed by atoms with Gasteiger partial charge in [0.2, 0.25) is 10.0 Å². The molecule has 2 aromatic rings. The van der Waals surface area contributed by atoms with Crippen LogP contribution in [0.4, 0.5) is 0 Å². The smallest absolute Gasteiger partial charge is 0.251 e. The first-order valence-electron chi connectivity index (χ1n) is 10.6. The van der Waals surface area contributed by atoms with E-state index in [1.165, 1.54) is 6.07 Å². The Bertz CT molecular complexity index is 1000. The molecule has 3 rings (SSSR count). The van der Waals surface area contributed by atoms with Crippen LogP contribution in [0.1, 0.15) is 47.2 Å². The van der Waals surface area contributed by atoms with Gasteiger partial charge in [0.1, 0.15) is 0 Å². The van der Waals surface area contributed by atoms with E-state index >= 15 is 0 Å². The van der Waals surface area contributed by atoms with Gasteiger partial charge in [0, 0.05) is 41.7 Å². The first-order valence-corrected chi connectivity index (χ1v) is 13.6. The summed E-state index contributed by atoms with van der Waals surface area (Å²) in [4.78, 5) is 12.9. The van der Waals surface area contributed by atoms with Gasteiger partial charge in [0.05, 0.1) is 4.90 Å². The van der Waals surface area contributed by atoms with Gasteiger partial charge < -0.3 is 5.32 Å². The molecule has 168 valence electrons. The summed E-state index contributed by atoms with van der Waals surface area (Å²) in [7, 11) is -3.59. The predicted octanol–water partition coefficient (Wildman–Crippen LogP) is 4.88. The molecule has 1 fully saturated rings. The molecule has 0 unspecified atom stereocenters. The Kier molecular flexibility index (Phi) is 8.84. The summed E-state index contributed by atoms with van der Waals surface area (Å²) in [5.74, 6) is 1.27. The number of carbonyl (C=O) groups excluding carboxylic acids is 1. The van der Waals surface area contributed by atoms with Crippen molar-refractivity contribution in [2.75, 3.05) is 25.4 Å². The van der Waals surface area contributed by atoms with Crippen LogP contribution in [-0.2, 0) is 15.8 Å². The van der Waals surface area contributed by atoms with Crippen LogP contribution in [0.2, 0.25) is 5.02 Å². The van der Waals surface area contributed by atoms with Gasteiger partial charge in [-0.25, -0.2) is 8.42 Å². The number of aryl methyl sites for hydroxylation is 1. The fraction of sp³-hybridized carbons (Fsp3) is 0.435. The molecule has 1 amide bonds.